The SMILES string of the molecule is CCOc1cc(CNC(=NC)NC2CCN(CC(N)=O)CC2)ccc1OC.I. The molecule has 0 unspecified atom stereocenters. The maximum Gasteiger partial charge on any atom is 0.231 e. The van der Waals surface area contributed by atoms with Gasteiger partial charge in [0.2, 0.25) is 5.91 Å². The van der Waals surface area contributed by atoms with Crippen molar-refractivity contribution in [3.8, 4) is 11.5 Å². The van der Waals surface area contributed by atoms with Crippen LogP contribution in [-0.4, -0.2) is 63.2 Å². The Morgan fingerprint density at radius 2 is 2.04 bits per heavy atom. The fraction of sp³-hybridized carbons (Fsp3) is 0.579. The molecule has 1 aliphatic heterocycles. The number of nitrogens with two attached hydrogens (primary N) is 1. The Morgan fingerprint density at radius 3 is 2.61 bits per heavy atom. The van der Waals surface area contributed by atoms with E-state index in [0.29, 0.717) is 25.7 Å². The molecule has 0 aliphatic carbocycles. The number of nitrogens with zero attached hydrogens (tertiary/aromatic N) is 2. The Balaban J connectivity index is 0.00000392. The average molecular weight is 505 g/mol. The van der Waals surface area contributed by atoms with Gasteiger partial charge in [0.25, 0.3) is 0 Å². The smallest absolute Gasteiger partial charge is 0.231 e. The van der Waals surface area contributed by atoms with Crippen molar-refractivity contribution < 1.29 is 14.3 Å². The van der Waals surface area contributed by atoms with Crippen molar-refractivity contribution in [2.75, 3.05) is 40.4 Å². The molecule has 0 radical (unpaired) electrons. The van der Waals surface area contributed by atoms with Crippen molar-refractivity contribution in [1.29, 1.82) is 0 Å². The molecule has 1 heterocycles. The van der Waals surface area contributed by atoms with Gasteiger partial charge in [-0.2, -0.15) is 0 Å². The number of hydrogen-bond acceptors (Lipinski definition) is 5. The number of carbonyl (C=O) groups is 1. The molecule has 1 fully saturated rings. The van der Waals surface area contributed by atoms with Gasteiger partial charge < -0.3 is 25.8 Å². The number of halogens is 1. The van der Waals surface area contributed by atoms with Crippen LogP contribution in [0.1, 0.15) is 25.3 Å². The van der Waals surface area contributed by atoms with Crippen LogP contribution in [0.15, 0.2) is 23.2 Å². The van der Waals surface area contributed by atoms with Gasteiger partial charge >= 0.3 is 0 Å². The number of carbonyl (C=O) groups excluding carboxylic acids is 1. The molecule has 0 saturated carbocycles. The van der Waals surface area contributed by atoms with Crippen LogP contribution in [0.25, 0.3) is 0 Å². The van der Waals surface area contributed by atoms with Crippen molar-refractivity contribution in [3.05, 3.63) is 23.8 Å². The first-order chi connectivity index (χ1) is 13.0. The number of primary amides is 1. The van der Waals surface area contributed by atoms with Crippen LogP contribution in [0.4, 0.5) is 0 Å². The lowest BCUT2D eigenvalue weighted by Crippen LogP contribution is -2.49. The highest BCUT2D eigenvalue weighted by Gasteiger charge is 2.20. The summed E-state index contributed by atoms with van der Waals surface area (Å²) < 4.78 is 10.9. The van der Waals surface area contributed by atoms with E-state index in [4.69, 9.17) is 15.2 Å². The van der Waals surface area contributed by atoms with Gasteiger partial charge in [0.05, 0.1) is 20.3 Å². The normalized spacial score (nSPS) is 15.5. The van der Waals surface area contributed by atoms with Gasteiger partial charge in [0.1, 0.15) is 0 Å². The molecular formula is C19H32IN5O3. The third kappa shape index (κ3) is 7.70. The van der Waals surface area contributed by atoms with Crippen LogP contribution in [0.3, 0.4) is 0 Å². The number of amides is 1. The minimum absolute atomic E-state index is 0. The lowest BCUT2D eigenvalue weighted by atomic mass is 10.1. The Morgan fingerprint density at radius 1 is 1.32 bits per heavy atom. The van der Waals surface area contributed by atoms with E-state index in [1.54, 1.807) is 14.2 Å². The van der Waals surface area contributed by atoms with E-state index in [0.717, 1.165) is 49.0 Å². The molecular weight excluding hydrogens is 473 g/mol. The monoisotopic (exact) mass is 505 g/mol. The van der Waals surface area contributed by atoms with Gasteiger partial charge in [-0.05, 0) is 37.5 Å². The zero-order chi connectivity index (χ0) is 19.6. The number of likely N-dealkylation sites (tertiary alicyclic amines) is 1. The second-order valence-electron chi connectivity index (χ2n) is 6.51. The molecule has 1 amide bonds. The Kier molecular flexibility index (Phi) is 11.0. The number of rotatable bonds is 8. The van der Waals surface area contributed by atoms with Crippen molar-refractivity contribution in [1.82, 2.24) is 15.5 Å². The fourth-order valence-corrected chi connectivity index (χ4v) is 3.13. The number of aliphatic imine (C=N–C) groups is 1. The highest BCUT2D eigenvalue weighted by Crippen LogP contribution is 2.27. The molecule has 2 rings (SSSR count). The number of ether oxygens (including phenoxy) is 2. The first-order valence-electron chi connectivity index (χ1n) is 9.33. The summed E-state index contributed by atoms with van der Waals surface area (Å²) >= 11 is 0. The van der Waals surface area contributed by atoms with E-state index < -0.39 is 0 Å². The minimum Gasteiger partial charge on any atom is -0.493 e. The second-order valence-corrected chi connectivity index (χ2v) is 6.51. The molecule has 1 aromatic carbocycles. The predicted molar refractivity (Wildman–Crippen MR) is 122 cm³/mol. The molecule has 158 valence electrons. The molecule has 4 N–H and O–H groups in total. The second kappa shape index (κ2) is 12.7. The number of methoxy groups -OCH3 is 1. The highest BCUT2D eigenvalue weighted by molar-refractivity contribution is 14.0. The topological polar surface area (TPSA) is 101 Å². The number of nitrogens with one attached hydrogen (secondary N) is 2. The number of benzene rings is 1. The summed E-state index contributed by atoms with van der Waals surface area (Å²) in [5.74, 6) is 1.96. The summed E-state index contributed by atoms with van der Waals surface area (Å²) in [6.07, 6.45) is 1.90. The lowest BCUT2D eigenvalue weighted by molar-refractivity contribution is -0.119. The van der Waals surface area contributed by atoms with Gasteiger partial charge in [0.15, 0.2) is 17.5 Å². The van der Waals surface area contributed by atoms with Crippen molar-refractivity contribution in [2.45, 2.75) is 32.4 Å². The van der Waals surface area contributed by atoms with E-state index in [-0.39, 0.29) is 29.9 Å². The molecule has 1 aromatic rings. The quantitative estimate of drug-likeness (QED) is 0.280. The Labute approximate surface area is 184 Å². The fourth-order valence-electron chi connectivity index (χ4n) is 3.13. The average Bonchev–Trinajstić information content (AvgIpc) is 2.66. The molecule has 8 nitrogen and oxygen atoms in total. The van der Waals surface area contributed by atoms with Crippen LogP contribution in [-0.2, 0) is 11.3 Å². The maximum atomic E-state index is 11.0. The largest absolute Gasteiger partial charge is 0.493 e. The van der Waals surface area contributed by atoms with Crippen LogP contribution in [0, 0.1) is 0 Å². The van der Waals surface area contributed by atoms with Gasteiger partial charge in [-0.3, -0.25) is 14.7 Å². The third-order valence-electron chi connectivity index (χ3n) is 4.52. The molecule has 0 spiro atoms. The zero-order valence-corrected chi connectivity index (χ0v) is 19.2. The lowest BCUT2D eigenvalue weighted by Gasteiger charge is -2.32. The van der Waals surface area contributed by atoms with Gasteiger partial charge in [-0.1, -0.05) is 6.07 Å². The van der Waals surface area contributed by atoms with E-state index >= 15 is 0 Å². The van der Waals surface area contributed by atoms with E-state index in [2.05, 4.69) is 20.5 Å². The van der Waals surface area contributed by atoms with Crippen LogP contribution < -0.4 is 25.8 Å². The Bertz CT molecular complexity index is 648. The first-order valence-corrected chi connectivity index (χ1v) is 9.33. The van der Waals surface area contributed by atoms with Gasteiger partial charge in [-0.25, -0.2) is 0 Å². The minimum atomic E-state index is -0.273. The third-order valence-corrected chi connectivity index (χ3v) is 4.52. The molecule has 0 atom stereocenters. The predicted octanol–water partition coefficient (Wildman–Crippen LogP) is 1.33. The summed E-state index contributed by atoms with van der Waals surface area (Å²) in [7, 11) is 3.40. The number of hydrogen-bond donors (Lipinski definition) is 3. The van der Waals surface area contributed by atoms with Crippen molar-refractivity contribution >= 4 is 35.8 Å². The molecule has 1 saturated heterocycles. The molecule has 0 bridgehead atoms. The molecule has 0 aromatic heterocycles. The molecule has 1 aliphatic rings. The Hall–Kier alpha value is -1.75. The number of piperidine rings is 1. The van der Waals surface area contributed by atoms with E-state index in [1.807, 2.05) is 25.1 Å². The summed E-state index contributed by atoms with van der Waals surface area (Å²) in [5, 5.41) is 6.79. The molecule has 28 heavy (non-hydrogen) atoms. The van der Waals surface area contributed by atoms with Gasteiger partial charge in [0, 0.05) is 32.7 Å². The summed E-state index contributed by atoms with van der Waals surface area (Å²) in [6.45, 7) is 5.21. The van der Waals surface area contributed by atoms with E-state index in [1.165, 1.54) is 0 Å². The van der Waals surface area contributed by atoms with Crippen LogP contribution in [0.2, 0.25) is 0 Å². The summed E-state index contributed by atoms with van der Waals surface area (Å²) in [4.78, 5) is 17.4. The first kappa shape index (κ1) is 24.3. The molecule has 9 heteroatoms. The standard InChI is InChI=1S/C19H31N5O3.HI/c1-4-27-17-11-14(5-6-16(17)26-3)12-22-19(21-2)23-15-7-9-24(10-8-15)13-18(20)25;/h5-6,11,15H,4,7-10,12-13H2,1-3H3,(H2,20,25)(H2,21,22,23);1H. The van der Waals surface area contributed by atoms with Crippen molar-refractivity contribution in [3.63, 3.8) is 0 Å². The van der Waals surface area contributed by atoms with E-state index in [9.17, 15) is 4.79 Å². The van der Waals surface area contributed by atoms with Crippen LogP contribution in [0.5, 0.6) is 11.5 Å². The van der Waals surface area contributed by atoms with Gasteiger partial charge in [-0.15, -0.1) is 24.0 Å². The summed E-state index contributed by atoms with van der Waals surface area (Å²) in [6, 6.07) is 6.22. The number of guanidine groups is 1. The van der Waals surface area contributed by atoms with Crippen molar-refractivity contribution in [2.24, 2.45) is 10.7 Å². The summed E-state index contributed by atoms with van der Waals surface area (Å²) in [5.41, 5.74) is 6.34. The maximum absolute atomic E-state index is 11.0. The highest BCUT2D eigenvalue weighted by atomic mass is 127. The van der Waals surface area contributed by atoms with Crippen LogP contribution >= 0.6 is 24.0 Å². The zero-order valence-electron chi connectivity index (χ0n) is 16.9.